The summed E-state index contributed by atoms with van der Waals surface area (Å²) in [6, 6.07) is 29.5. The molecule has 0 radical (unpaired) electrons. The van der Waals surface area contributed by atoms with E-state index < -0.39 is 17.3 Å². The van der Waals surface area contributed by atoms with Crippen molar-refractivity contribution < 1.29 is 14.7 Å². The summed E-state index contributed by atoms with van der Waals surface area (Å²) < 4.78 is 0. The number of hydrogen-bond acceptors (Lipinski definition) is 3. The van der Waals surface area contributed by atoms with Crippen LogP contribution in [0.5, 0.6) is 0 Å². The highest BCUT2D eigenvalue weighted by atomic mass is 16.3. The smallest absolute Gasteiger partial charge is 0.239 e. The number of imide groups is 1. The van der Waals surface area contributed by atoms with Gasteiger partial charge in [-0.2, -0.15) is 0 Å². The molecule has 3 aliphatic carbocycles. The summed E-state index contributed by atoms with van der Waals surface area (Å²) in [5, 5.41) is 12.8. The number of anilines is 1. The van der Waals surface area contributed by atoms with E-state index in [1.165, 1.54) is 4.90 Å². The van der Waals surface area contributed by atoms with E-state index in [9.17, 15) is 14.7 Å². The number of rotatable bonds is 2. The Labute approximate surface area is 191 Å². The molecular formula is C29H21NO3. The molecule has 33 heavy (non-hydrogen) atoms. The van der Waals surface area contributed by atoms with Crippen LogP contribution in [0.15, 0.2) is 91.0 Å². The van der Waals surface area contributed by atoms with Gasteiger partial charge >= 0.3 is 0 Å². The fourth-order valence-corrected chi connectivity index (χ4v) is 6.84. The third kappa shape index (κ3) is 2.10. The average molecular weight is 431 g/mol. The van der Waals surface area contributed by atoms with Crippen LogP contribution in [-0.2, 0) is 15.0 Å². The Kier molecular flexibility index (Phi) is 3.64. The highest BCUT2D eigenvalue weighted by Crippen LogP contribution is 2.64. The maximum Gasteiger partial charge on any atom is 0.239 e. The Morgan fingerprint density at radius 2 is 1.33 bits per heavy atom. The van der Waals surface area contributed by atoms with Gasteiger partial charge in [0.25, 0.3) is 0 Å². The van der Waals surface area contributed by atoms with Crippen molar-refractivity contribution in [2.24, 2.45) is 11.8 Å². The number of nitrogens with zero attached hydrogens (tertiary/aromatic N) is 1. The fourth-order valence-electron chi connectivity index (χ4n) is 6.84. The average Bonchev–Trinajstić information content (AvgIpc) is 3.14. The first-order valence-electron chi connectivity index (χ1n) is 11.3. The molecule has 8 rings (SSSR count). The molecule has 4 nitrogen and oxygen atoms in total. The molecule has 4 aromatic rings. The normalized spacial score (nSPS) is 26.9. The van der Waals surface area contributed by atoms with Gasteiger partial charge in [0.05, 0.1) is 29.5 Å². The van der Waals surface area contributed by atoms with Crippen molar-refractivity contribution in [2.45, 2.75) is 11.3 Å². The number of benzene rings is 4. The predicted octanol–water partition coefficient (Wildman–Crippen LogP) is 4.38. The molecule has 1 aliphatic heterocycles. The van der Waals surface area contributed by atoms with Gasteiger partial charge in [-0.15, -0.1) is 0 Å². The number of aliphatic hydroxyl groups excluding tert-OH is 1. The van der Waals surface area contributed by atoms with Crippen molar-refractivity contribution in [1.82, 2.24) is 0 Å². The Morgan fingerprint density at radius 1 is 0.727 bits per heavy atom. The first kappa shape index (κ1) is 18.8. The van der Waals surface area contributed by atoms with Crippen LogP contribution in [0.4, 0.5) is 5.69 Å². The molecule has 160 valence electrons. The summed E-state index contributed by atoms with van der Waals surface area (Å²) in [6.45, 7) is -0.225. The quantitative estimate of drug-likeness (QED) is 0.479. The first-order valence-corrected chi connectivity index (χ1v) is 11.3. The van der Waals surface area contributed by atoms with Crippen molar-refractivity contribution in [3.63, 3.8) is 0 Å². The van der Waals surface area contributed by atoms with E-state index in [2.05, 4.69) is 12.1 Å². The molecule has 1 N–H and O–H groups in total. The van der Waals surface area contributed by atoms with Crippen LogP contribution in [0.3, 0.4) is 0 Å². The molecule has 1 fully saturated rings. The van der Waals surface area contributed by atoms with Gasteiger partial charge in [-0.25, -0.2) is 4.90 Å². The van der Waals surface area contributed by atoms with E-state index in [0.717, 1.165) is 33.0 Å². The van der Waals surface area contributed by atoms with E-state index in [4.69, 9.17) is 0 Å². The Bertz CT molecular complexity index is 1440. The van der Waals surface area contributed by atoms with Crippen LogP contribution in [0.1, 0.15) is 28.2 Å². The Balaban J connectivity index is 1.52. The van der Waals surface area contributed by atoms with Crippen LogP contribution >= 0.6 is 0 Å². The molecule has 2 amide bonds. The molecule has 4 aromatic carbocycles. The Morgan fingerprint density at radius 3 is 2.03 bits per heavy atom. The second-order valence-electron chi connectivity index (χ2n) is 9.30. The maximum atomic E-state index is 14.2. The van der Waals surface area contributed by atoms with E-state index in [1.807, 2.05) is 78.9 Å². The fraction of sp³-hybridized carbons (Fsp3) is 0.172. The van der Waals surface area contributed by atoms with Crippen molar-refractivity contribution >= 4 is 28.3 Å². The Hall–Kier alpha value is -3.76. The zero-order valence-corrected chi connectivity index (χ0v) is 17.8. The van der Waals surface area contributed by atoms with Gasteiger partial charge in [0.2, 0.25) is 11.8 Å². The zero-order chi connectivity index (χ0) is 22.3. The molecule has 4 heteroatoms. The summed E-state index contributed by atoms with van der Waals surface area (Å²) in [5.41, 5.74) is 3.73. The highest BCUT2D eigenvalue weighted by molar-refractivity contribution is 6.26. The SMILES string of the molecule is O=C1[C@@H]2[C@@H](C(=O)N1c1cccc3ccccc13)C1c3ccccc3C2(CO)c2ccccc21. The minimum absolute atomic E-state index is 0.173. The van der Waals surface area contributed by atoms with Crippen molar-refractivity contribution in [3.05, 3.63) is 113 Å². The largest absolute Gasteiger partial charge is 0.395 e. The van der Waals surface area contributed by atoms with E-state index >= 15 is 0 Å². The molecule has 0 saturated carbocycles. The number of fused-ring (bicyclic) bond motifs is 1. The topological polar surface area (TPSA) is 57.6 Å². The van der Waals surface area contributed by atoms with E-state index in [0.29, 0.717) is 5.69 Å². The number of amides is 2. The van der Waals surface area contributed by atoms with Crippen LogP contribution in [-0.4, -0.2) is 23.5 Å². The highest BCUT2D eigenvalue weighted by Gasteiger charge is 2.68. The van der Waals surface area contributed by atoms with E-state index in [1.54, 1.807) is 0 Å². The molecule has 1 heterocycles. The van der Waals surface area contributed by atoms with Gasteiger partial charge in [0.15, 0.2) is 0 Å². The molecule has 4 aliphatic rings. The molecule has 2 atom stereocenters. The van der Waals surface area contributed by atoms with E-state index in [-0.39, 0.29) is 24.3 Å². The van der Waals surface area contributed by atoms with Crippen LogP contribution in [0.25, 0.3) is 10.8 Å². The molecule has 0 spiro atoms. The third-order valence-electron chi connectivity index (χ3n) is 8.05. The lowest BCUT2D eigenvalue weighted by Gasteiger charge is -2.53. The molecule has 1 saturated heterocycles. The number of carbonyl (C=O) groups is 2. The number of carbonyl (C=O) groups excluding carboxylic acids is 2. The summed E-state index contributed by atoms with van der Waals surface area (Å²) in [7, 11) is 0. The summed E-state index contributed by atoms with van der Waals surface area (Å²) >= 11 is 0. The van der Waals surface area contributed by atoms with Crippen LogP contribution in [0.2, 0.25) is 0 Å². The van der Waals surface area contributed by atoms with Crippen molar-refractivity contribution in [3.8, 4) is 0 Å². The van der Waals surface area contributed by atoms with Crippen molar-refractivity contribution in [2.75, 3.05) is 11.5 Å². The van der Waals surface area contributed by atoms with Gasteiger partial charge in [-0.1, -0.05) is 84.9 Å². The van der Waals surface area contributed by atoms with Gasteiger partial charge in [0.1, 0.15) is 0 Å². The minimum Gasteiger partial charge on any atom is -0.395 e. The predicted molar refractivity (Wildman–Crippen MR) is 126 cm³/mol. The lowest BCUT2D eigenvalue weighted by molar-refractivity contribution is -0.124. The second-order valence-corrected chi connectivity index (χ2v) is 9.30. The second kappa shape index (κ2) is 6.40. The number of aliphatic hydroxyl groups is 1. The molecule has 0 aromatic heterocycles. The standard InChI is InChI=1S/C29H21NO3/c31-16-29-21-13-5-3-11-19(21)24(20-12-4-6-14-22(20)29)25-26(29)28(33)30(27(25)32)23-15-7-9-17-8-1-2-10-18(17)23/h1-15,24-26,31H,16H2/t24?,25-,26-,29?/m0/s1. The molecule has 2 bridgehead atoms. The first-order chi connectivity index (χ1) is 16.2. The van der Waals surface area contributed by atoms with Gasteiger partial charge < -0.3 is 5.11 Å². The minimum atomic E-state index is -0.932. The monoisotopic (exact) mass is 431 g/mol. The van der Waals surface area contributed by atoms with Crippen LogP contribution in [0, 0.1) is 11.8 Å². The summed E-state index contributed by atoms with van der Waals surface area (Å²) in [4.78, 5) is 29.6. The summed E-state index contributed by atoms with van der Waals surface area (Å²) in [6.07, 6.45) is 0. The molecular weight excluding hydrogens is 410 g/mol. The number of hydrogen-bond donors (Lipinski definition) is 1. The van der Waals surface area contributed by atoms with Crippen molar-refractivity contribution in [1.29, 1.82) is 0 Å². The zero-order valence-electron chi connectivity index (χ0n) is 17.8. The van der Waals surface area contributed by atoms with Gasteiger partial charge in [-0.05, 0) is 33.7 Å². The lowest BCUT2D eigenvalue weighted by atomic mass is 9.47. The van der Waals surface area contributed by atoms with Gasteiger partial charge in [-0.3, -0.25) is 9.59 Å². The van der Waals surface area contributed by atoms with Crippen LogP contribution < -0.4 is 4.90 Å². The third-order valence-corrected chi connectivity index (χ3v) is 8.05. The molecule has 0 unspecified atom stereocenters. The maximum absolute atomic E-state index is 14.2. The lowest BCUT2D eigenvalue weighted by Crippen LogP contribution is -2.55. The van der Waals surface area contributed by atoms with Gasteiger partial charge in [0, 0.05) is 11.3 Å². The summed E-state index contributed by atoms with van der Waals surface area (Å²) in [5.74, 6) is -1.76.